The Morgan fingerprint density at radius 3 is 2.73 bits per heavy atom. The molecule has 6 nitrogen and oxygen atoms in total. The second-order valence-electron chi connectivity index (χ2n) is 5.20. The van der Waals surface area contributed by atoms with Gasteiger partial charge in [-0.2, -0.15) is 4.98 Å². The van der Waals surface area contributed by atoms with Crippen LogP contribution in [0.2, 0.25) is 0 Å². The third-order valence-corrected chi connectivity index (χ3v) is 4.12. The number of fused-ring (bicyclic) bond motifs is 1. The zero-order valence-corrected chi connectivity index (χ0v) is 13.4. The molecule has 0 unspecified atom stereocenters. The van der Waals surface area contributed by atoms with Gasteiger partial charge in [-0.25, -0.2) is 4.98 Å². The fourth-order valence-corrected chi connectivity index (χ4v) is 3.17. The first-order valence-electron chi connectivity index (χ1n) is 6.99. The molecule has 0 atom stereocenters. The Morgan fingerprint density at radius 1 is 1.27 bits per heavy atom. The van der Waals surface area contributed by atoms with Crippen LogP contribution in [-0.4, -0.2) is 19.7 Å². The molecule has 0 saturated carbocycles. The van der Waals surface area contributed by atoms with Gasteiger partial charge in [-0.15, -0.1) is 0 Å². The maximum atomic E-state index is 12.7. The van der Waals surface area contributed by atoms with E-state index in [9.17, 15) is 4.79 Å². The maximum absolute atomic E-state index is 12.7. The maximum Gasteiger partial charge on any atom is 0.262 e. The third kappa shape index (κ3) is 2.76. The van der Waals surface area contributed by atoms with E-state index in [0.29, 0.717) is 33.5 Å². The molecule has 0 amide bonds. The molecule has 0 radical (unpaired) electrons. The smallest absolute Gasteiger partial charge is 0.262 e. The number of aromatic nitrogens is 4. The first kappa shape index (κ1) is 14.8. The molecule has 2 heterocycles. The summed E-state index contributed by atoms with van der Waals surface area (Å²) in [6.07, 6.45) is 0. The minimum absolute atomic E-state index is 0.0233. The summed E-state index contributed by atoms with van der Waals surface area (Å²) in [4.78, 5) is 21.5. The molecule has 0 spiro atoms. The van der Waals surface area contributed by atoms with Crippen LogP contribution in [0.1, 0.15) is 31.6 Å². The van der Waals surface area contributed by atoms with Crippen molar-refractivity contribution in [3.63, 3.8) is 0 Å². The first-order chi connectivity index (χ1) is 10.6. The largest absolute Gasteiger partial charge is 0.338 e. The summed E-state index contributed by atoms with van der Waals surface area (Å²) < 4.78 is 6.81. The van der Waals surface area contributed by atoms with Gasteiger partial charge >= 0.3 is 0 Å². The SMILES string of the molecule is Cc1noc(CSc2nc3ccccc3c(=O)n2C(C)C)n1. The van der Waals surface area contributed by atoms with E-state index in [4.69, 9.17) is 4.52 Å². The van der Waals surface area contributed by atoms with Crippen LogP contribution in [-0.2, 0) is 5.75 Å². The molecule has 3 rings (SSSR count). The fraction of sp³-hybridized carbons (Fsp3) is 0.333. The molecule has 7 heteroatoms. The van der Waals surface area contributed by atoms with Gasteiger partial charge in [0.25, 0.3) is 5.56 Å². The number of rotatable bonds is 4. The van der Waals surface area contributed by atoms with Gasteiger partial charge in [-0.3, -0.25) is 9.36 Å². The minimum Gasteiger partial charge on any atom is -0.338 e. The van der Waals surface area contributed by atoms with Gasteiger partial charge in [0.05, 0.1) is 16.7 Å². The second-order valence-corrected chi connectivity index (χ2v) is 6.15. The Bertz CT molecular complexity index is 869. The van der Waals surface area contributed by atoms with Crippen LogP contribution < -0.4 is 5.56 Å². The van der Waals surface area contributed by atoms with Crippen LogP contribution in [0.3, 0.4) is 0 Å². The Balaban J connectivity index is 2.03. The van der Waals surface area contributed by atoms with E-state index in [0.717, 1.165) is 0 Å². The molecule has 0 aliphatic rings. The van der Waals surface area contributed by atoms with Gasteiger partial charge in [0.15, 0.2) is 11.0 Å². The molecule has 1 aromatic carbocycles. The van der Waals surface area contributed by atoms with Crippen molar-refractivity contribution in [2.24, 2.45) is 0 Å². The van der Waals surface area contributed by atoms with Crippen molar-refractivity contribution < 1.29 is 4.52 Å². The Morgan fingerprint density at radius 2 is 2.05 bits per heavy atom. The molecule has 2 aromatic heterocycles. The summed E-state index contributed by atoms with van der Waals surface area (Å²) in [6.45, 7) is 5.72. The molecular weight excluding hydrogens is 300 g/mol. The molecule has 0 N–H and O–H groups in total. The molecule has 22 heavy (non-hydrogen) atoms. The summed E-state index contributed by atoms with van der Waals surface area (Å²) in [5.74, 6) is 1.61. The normalized spacial score (nSPS) is 11.5. The number of para-hydroxylation sites is 1. The highest BCUT2D eigenvalue weighted by Gasteiger charge is 2.15. The van der Waals surface area contributed by atoms with Crippen LogP contribution in [0.15, 0.2) is 38.7 Å². The lowest BCUT2D eigenvalue weighted by molar-refractivity contribution is 0.386. The Hall–Kier alpha value is -2.15. The van der Waals surface area contributed by atoms with Gasteiger partial charge in [0.1, 0.15) is 0 Å². The predicted octanol–water partition coefficient (Wildman–Crippen LogP) is 2.96. The van der Waals surface area contributed by atoms with E-state index in [-0.39, 0.29) is 11.6 Å². The van der Waals surface area contributed by atoms with Crippen LogP contribution in [0, 0.1) is 6.92 Å². The van der Waals surface area contributed by atoms with E-state index in [1.807, 2.05) is 32.0 Å². The quantitative estimate of drug-likeness (QED) is 0.544. The highest BCUT2D eigenvalue weighted by Crippen LogP contribution is 2.23. The summed E-state index contributed by atoms with van der Waals surface area (Å²) in [5.41, 5.74) is 0.679. The topological polar surface area (TPSA) is 73.8 Å². The molecule has 0 bridgehead atoms. The van der Waals surface area contributed by atoms with Crippen molar-refractivity contribution in [2.75, 3.05) is 0 Å². The molecule has 3 aromatic rings. The summed E-state index contributed by atoms with van der Waals surface area (Å²) in [7, 11) is 0. The molecule has 0 aliphatic carbocycles. The van der Waals surface area contributed by atoms with Crippen molar-refractivity contribution in [1.82, 2.24) is 19.7 Å². The van der Waals surface area contributed by atoms with E-state index < -0.39 is 0 Å². The lowest BCUT2D eigenvalue weighted by Crippen LogP contribution is -2.25. The number of hydrogen-bond acceptors (Lipinski definition) is 6. The van der Waals surface area contributed by atoms with Gasteiger partial charge in [0, 0.05) is 6.04 Å². The van der Waals surface area contributed by atoms with Gasteiger partial charge < -0.3 is 4.52 Å². The molecule has 114 valence electrons. The van der Waals surface area contributed by atoms with Crippen molar-refractivity contribution in [3.8, 4) is 0 Å². The molecule has 0 fully saturated rings. The van der Waals surface area contributed by atoms with E-state index in [1.54, 1.807) is 17.6 Å². The number of hydrogen-bond donors (Lipinski definition) is 0. The van der Waals surface area contributed by atoms with Crippen LogP contribution in [0.4, 0.5) is 0 Å². The zero-order chi connectivity index (χ0) is 15.7. The van der Waals surface area contributed by atoms with Crippen LogP contribution in [0.25, 0.3) is 10.9 Å². The molecular formula is C15H16N4O2S. The van der Waals surface area contributed by atoms with Gasteiger partial charge in [-0.05, 0) is 32.9 Å². The van der Waals surface area contributed by atoms with Gasteiger partial charge in [-0.1, -0.05) is 29.1 Å². The Labute approximate surface area is 131 Å². The van der Waals surface area contributed by atoms with Crippen LogP contribution in [0.5, 0.6) is 0 Å². The average Bonchev–Trinajstić information content (AvgIpc) is 2.90. The summed E-state index contributed by atoms with van der Waals surface area (Å²) in [6, 6.07) is 7.41. The van der Waals surface area contributed by atoms with E-state index in [1.165, 1.54) is 11.8 Å². The monoisotopic (exact) mass is 316 g/mol. The highest BCUT2D eigenvalue weighted by atomic mass is 32.2. The number of aryl methyl sites for hydroxylation is 1. The standard InChI is InChI=1S/C15H16N4O2S/c1-9(2)19-14(20)11-6-4-5-7-12(11)17-15(19)22-8-13-16-10(3)18-21-13/h4-7,9H,8H2,1-3H3. The fourth-order valence-electron chi connectivity index (χ4n) is 2.21. The number of nitrogens with zero attached hydrogens (tertiary/aromatic N) is 4. The summed E-state index contributed by atoms with van der Waals surface area (Å²) >= 11 is 1.43. The number of benzene rings is 1. The highest BCUT2D eigenvalue weighted by molar-refractivity contribution is 7.98. The second kappa shape index (κ2) is 5.92. The first-order valence-corrected chi connectivity index (χ1v) is 7.98. The third-order valence-electron chi connectivity index (χ3n) is 3.19. The molecule has 0 aliphatic heterocycles. The van der Waals surface area contributed by atoms with E-state index in [2.05, 4.69) is 15.1 Å². The predicted molar refractivity (Wildman–Crippen MR) is 85.0 cm³/mol. The average molecular weight is 316 g/mol. The van der Waals surface area contributed by atoms with Crippen molar-refractivity contribution in [1.29, 1.82) is 0 Å². The number of thioether (sulfide) groups is 1. The lowest BCUT2D eigenvalue weighted by atomic mass is 10.2. The molecule has 0 saturated heterocycles. The van der Waals surface area contributed by atoms with E-state index >= 15 is 0 Å². The van der Waals surface area contributed by atoms with Crippen LogP contribution >= 0.6 is 11.8 Å². The lowest BCUT2D eigenvalue weighted by Gasteiger charge is -2.15. The minimum atomic E-state index is -0.0233. The summed E-state index contributed by atoms with van der Waals surface area (Å²) in [5, 5.41) is 5.06. The van der Waals surface area contributed by atoms with Crippen molar-refractivity contribution in [2.45, 2.75) is 37.7 Å². The van der Waals surface area contributed by atoms with Gasteiger partial charge in [0.2, 0.25) is 5.89 Å². The van der Waals surface area contributed by atoms with Crippen molar-refractivity contribution in [3.05, 3.63) is 46.3 Å². The zero-order valence-electron chi connectivity index (χ0n) is 12.6. The Kier molecular flexibility index (Phi) is 3.98. The van der Waals surface area contributed by atoms with Crippen molar-refractivity contribution >= 4 is 22.7 Å².